The zero-order valence-corrected chi connectivity index (χ0v) is 11.1. The topological polar surface area (TPSA) is 50.9 Å². The lowest BCUT2D eigenvalue weighted by atomic mass is 10.1. The number of fused-ring (bicyclic) bond motifs is 1. The van der Waals surface area contributed by atoms with Gasteiger partial charge in [-0.2, -0.15) is 0 Å². The van der Waals surface area contributed by atoms with Crippen molar-refractivity contribution >= 4 is 0 Å². The molecule has 0 fully saturated rings. The summed E-state index contributed by atoms with van der Waals surface area (Å²) in [5.74, 6) is 0. The lowest BCUT2D eigenvalue weighted by molar-refractivity contribution is 0.497. The number of pyridine rings is 1. The third-order valence-electron chi connectivity index (χ3n) is 3.95. The molecule has 3 rings (SSSR count). The fourth-order valence-corrected chi connectivity index (χ4v) is 2.78. The Labute approximate surface area is 113 Å². The first-order valence-electron chi connectivity index (χ1n) is 6.73. The second-order valence-corrected chi connectivity index (χ2v) is 5.21. The van der Waals surface area contributed by atoms with Gasteiger partial charge in [0.05, 0.1) is 0 Å². The average Bonchev–Trinajstić information content (AvgIpc) is 2.75. The van der Waals surface area contributed by atoms with Crippen LogP contribution in [0.2, 0.25) is 0 Å². The number of nitrogens with two attached hydrogens (primary N) is 1. The van der Waals surface area contributed by atoms with Crippen molar-refractivity contribution in [1.29, 1.82) is 0 Å². The van der Waals surface area contributed by atoms with Crippen molar-refractivity contribution < 1.29 is 0 Å². The molecule has 1 heterocycles. The van der Waals surface area contributed by atoms with Crippen LogP contribution in [0.3, 0.4) is 0 Å². The summed E-state index contributed by atoms with van der Waals surface area (Å²) in [4.78, 5) is 4.19. The van der Waals surface area contributed by atoms with E-state index in [0.29, 0.717) is 6.04 Å². The van der Waals surface area contributed by atoms with Gasteiger partial charge in [-0.1, -0.05) is 24.3 Å². The van der Waals surface area contributed by atoms with E-state index in [-0.39, 0.29) is 6.04 Å². The van der Waals surface area contributed by atoms with Crippen LogP contribution in [-0.4, -0.2) is 4.98 Å². The van der Waals surface area contributed by atoms with E-state index >= 15 is 0 Å². The van der Waals surface area contributed by atoms with Gasteiger partial charge in [0.25, 0.3) is 0 Å². The highest BCUT2D eigenvalue weighted by molar-refractivity contribution is 5.37. The van der Waals surface area contributed by atoms with Crippen LogP contribution in [0.15, 0.2) is 42.7 Å². The molecule has 3 heteroatoms. The van der Waals surface area contributed by atoms with Crippen molar-refractivity contribution in [3.8, 4) is 0 Å². The number of aryl methyl sites for hydroxylation is 1. The van der Waals surface area contributed by atoms with Crippen LogP contribution < -0.4 is 11.1 Å². The molecule has 0 amide bonds. The summed E-state index contributed by atoms with van der Waals surface area (Å²) in [6.07, 6.45) is 4.74. The number of rotatable bonds is 3. The molecular weight excluding hydrogens is 234 g/mol. The minimum Gasteiger partial charge on any atom is -0.324 e. The molecular formula is C16H19N3. The third kappa shape index (κ3) is 2.39. The zero-order valence-electron chi connectivity index (χ0n) is 11.1. The second-order valence-electron chi connectivity index (χ2n) is 5.21. The van der Waals surface area contributed by atoms with Gasteiger partial charge in [-0.15, -0.1) is 0 Å². The molecule has 0 radical (unpaired) electrons. The predicted octanol–water partition coefficient (Wildman–Crippen LogP) is 2.62. The quantitative estimate of drug-likeness (QED) is 0.884. The van der Waals surface area contributed by atoms with Crippen LogP contribution in [0.4, 0.5) is 0 Å². The molecule has 2 unspecified atom stereocenters. The van der Waals surface area contributed by atoms with Crippen LogP contribution in [0.1, 0.15) is 40.8 Å². The summed E-state index contributed by atoms with van der Waals surface area (Å²) >= 11 is 0. The minimum atomic E-state index is 0.156. The van der Waals surface area contributed by atoms with Gasteiger partial charge in [-0.3, -0.25) is 4.98 Å². The normalized spacial score (nSPS) is 21.4. The first-order chi connectivity index (χ1) is 9.25. The summed E-state index contributed by atoms with van der Waals surface area (Å²) in [5.41, 5.74) is 11.3. The zero-order chi connectivity index (χ0) is 13.2. The number of aromatic nitrogens is 1. The van der Waals surface area contributed by atoms with Gasteiger partial charge in [-0.05, 0) is 41.7 Å². The van der Waals surface area contributed by atoms with Gasteiger partial charge in [-0.25, -0.2) is 0 Å². The molecule has 1 aromatic carbocycles. The molecule has 3 N–H and O–H groups in total. The van der Waals surface area contributed by atoms with E-state index < -0.39 is 0 Å². The van der Waals surface area contributed by atoms with Crippen LogP contribution in [0.5, 0.6) is 0 Å². The van der Waals surface area contributed by atoms with Crippen LogP contribution >= 0.6 is 0 Å². The molecule has 0 spiro atoms. The molecule has 2 atom stereocenters. The smallest absolute Gasteiger partial charge is 0.0344 e. The highest BCUT2D eigenvalue weighted by atomic mass is 14.9. The van der Waals surface area contributed by atoms with E-state index in [9.17, 15) is 0 Å². The maximum Gasteiger partial charge on any atom is 0.0344 e. The van der Waals surface area contributed by atoms with Crippen molar-refractivity contribution in [2.45, 2.75) is 32.0 Å². The molecule has 1 aromatic heterocycles. The van der Waals surface area contributed by atoms with Crippen molar-refractivity contribution in [3.05, 3.63) is 65.0 Å². The lowest BCUT2D eigenvalue weighted by Crippen LogP contribution is -2.20. The standard InChI is InChI=1S/C16H19N3/c1-11-6-7-18-9-12(11)10-19-16-8-15(17)13-4-2-3-5-14(13)16/h2-7,9,15-16,19H,8,10,17H2,1H3. The Bertz CT molecular complexity index is 580. The maximum atomic E-state index is 6.18. The molecule has 19 heavy (non-hydrogen) atoms. The lowest BCUT2D eigenvalue weighted by Gasteiger charge is -2.15. The monoisotopic (exact) mass is 253 g/mol. The molecule has 0 saturated carbocycles. The molecule has 0 saturated heterocycles. The first kappa shape index (κ1) is 12.3. The Balaban J connectivity index is 1.74. The Morgan fingerprint density at radius 3 is 2.84 bits per heavy atom. The highest BCUT2D eigenvalue weighted by Crippen LogP contribution is 2.37. The van der Waals surface area contributed by atoms with Crippen LogP contribution in [-0.2, 0) is 6.54 Å². The van der Waals surface area contributed by atoms with Crippen LogP contribution in [0.25, 0.3) is 0 Å². The molecule has 1 aliphatic carbocycles. The highest BCUT2D eigenvalue weighted by Gasteiger charge is 2.27. The van der Waals surface area contributed by atoms with Crippen molar-refractivity contribution in [2.75, 3.05) is 0 Å². The van der Waals surface area contributed by atoms with E-state index in [2.05, 4.69) is 41.5 Å². The second kappa shape index (κ2) is 5.11. The Morgan fingerprint density at radius 1 is 1.26 bits per heavy atom. The third-order valence-corrected chi connectivity index (χ3v) is 3.95. The molecule has 2 aromatic rings. The van der Waals surface area contributed by atoms with E-state index in [1.54, 1.807) is 0 Å². The van der Waals surface area contributed by atoms with Gasteiger partial charge in [0.2, 0.25) is 0 Å². The molecule has 1 aliphatic rings. The van der Waals surface area contributed by atoms with Gasteiger partial charge in [0.1, 0.15) is 0 Å². The summed E-state index contributed by atoms with van der Waals surface area (Å²) < 4.78 is 0. The van der Waals surface area contributed by atoms with Gasteiger partial charge >= 0.3 is 0 Å². The van der Waals surface area contributed by atoms with Gasteiger partial charge in [0, 0.05) is 31.0 Å². The maximum absolute atomic E-state index is 6.18. The Hall–Kier alpha value is -1.71. The number of hydrogen-bond donors (Lipinski definition) is 2. The largest absolute Gasteiger partial charge is 0.324 e. The summed E-state index contributed by atoms with van der Waals surface area (Å²) in [5, 5.41) is 3.61. The van der Waals surface area contributed by atoms with Crippen molar-refractivity contribution in [1.82, 2.24) is 10.3 Å². The SMILES string of the molecule is Cc1ccncc1CNC1CC(N)c2ccccc21. The number of hydrogen-bond acceptors (Lipinski definition) is 3. The Morgan fingerprint density at radius 2 is 2.05 bits per heavy atom. The summed E-state index contributed by atoms with van der Waals surface area (Å²) in [7, 11) is 0. The number of nitrogens with one attached hydrogen (secondary N) is 1. The molecule has 98 valence electrons. The fourth-order valence-electron chi connectivity index (χ4n) is 2.78. The number of nitrogens with zero attached hydrogens (tertiary/aromatic N) is 1. The van der Waals surface area contributed by atoms with Gasteiger partial charge in [0.15, 0.2) is 0 Å². The van der Waals surface area contributed by atoms with E-state index in [1.165, 1.54) is 22.3 Å². The molecule has 0 aliphatic heterocycles. The Kier molecular flexibility index (Phi) is 3.32. The van der Waals surface area contributed by atoms with E-state index in [0.717, 1.165) is 13.0 Å². The van der Waals surface area contributed by atoms with Gasteiger partial charge < -0.3 is 11.1 Å². The van der Waals surface area contributed by atoms with E-state index in [1.807, 2.05) is 18.5 Å². The van der Waals surface area contributed by atoms with Crippen LogP contribution in [0, 0.1) is 6.92 Å². The average molecular weight is 253 g/mol. The van der Waals surface area contributed by atoms with Crippen molar-refractivity contribution in [2.24, 2.45) is 5.73 Å². The minimum absolute atomic E-state index is 0.156. The molecule has 0 bridgehead atoms. The number of benzene rings is 1. The molecule has 3 nitrogen and oxygen atoms in total. The predicted molar refractivity (Wildman–Crippen MR) is 76.5 cm³/mol. The van der Waals surface area contributed by atoms with E-state index in [4.69, 9.17) is 5.73 Å². The summed E-state index contributed by atoms with van der Waals surface area (Å²) in [6, 6.07) is 11.0. The summed E-state index contributed by atoms with van der Waals surface area (Å²) in [6.45, 7) is 2.96. The fraction of sp³-hybridized carbons (Fsp3) is 0.312. The van der Waals surface area contributed by atoms with Crippen molar-refractivity contribution in [3.63, 3.8) is 0 Å². The first-order valence-corrected chi connectivity index (χ1v) is 6.73.